The molecule has 4 nitrogen and oxygen atoms in total. The summed E-state index contributed by atoms with van der Waals surface area (Å²) in [5.41, 5.74) is 2.13. The van der Waals surface area contributed by atoms with E-state index in [0.29, 0.717) is 0 Å². The highest BCUT2D eigenvalue weighted by atomic mass is 32.2. The average Bonchev–Trinajstić information content (AvgIpc) is 2.82. The number of carboxylic acid groups (broad SMARTS) is 1. The Hall–Kier alpha value is -1.82. The van der Waals surface area contributed by atoms with Crippen molar-refractivity contribution in [1.29, 1.82) is 0 Å². The van der Waals surface area contributed by atoms with E-state index in [4.69, 9.17) is 14.3 Å². The Morgan fingerprint density at radius 3 is 2.06 bits per heavy atom. The summed E-state index contributed by atoms with van der Waals surface area (Å²) in [4.78, 5) is 16.7. The van der Waals surface area contributed by atoms with Gasteiger partial charge in [0.05, 0.1) is 5.56 Å². The van der Waals surface area contributed by atoms with Crippen LogP contribution in [0.2, 0.25) is 0 Å². The summed E-state index contributed by atoms with van der Waals surface area (Å²) < 4.78 is 5.46. The molecule has 0 spiro atoms. The standard InChI is InChI=1S/C27H37O4S/c1-2-3-4-5-6-7-8-9-10-14-21-32-31-30-26(24-15-12-11-13-16-24)22-23-17-19-25(20-18-23)27(28)29/h11-13,15-20,22,26H,2-10,14,21H2,1H3,(H,28,29). The van der Waals surface area contributed by atoms with E-state index in [2.05, 4.69) is 6.92 Å². The Labute approximate surface area is 197 Å². The van der Waals surface area contributed by atoms with Crippen LogP contribution in [0.4, 0.5) is 0 Å². The lowest BCUT2D eigenvalue weighted by Crippen LogP contribution is -2.05. The molecule has 0 saturated carbocycles. The normalized spacial score (nSPS) is 12.0. The molecular weight excluding hydrogens is 420 g/mol. The van der Waals surface area contributed by atoms with Crippen molar-refractivity contribution in [1.82, 2.24) is 0 Å². The second-order valence-corrected chi connectivity index (χ2v) is 8.87. The van der Waals surface area contributed by atoms with Crippen LogP contribution in [0.15, 0.2) is 54.6 Å². The molecule has 0 aliphatic carbocycles. The molecule has 1 unspecified atom stereocenters. The zero-order valence-corrected chi connectivity index (χ0v) is 20.0. The smallest absolute Gasteiger partial charge is 0.335 e. The molecule has 2 rings (SSSR count). The van der Waals surface area contributed by atoms with Gasteiger partial charge in [-0.15, -0.1) is 0 Å². The van der Waals surface area contributed by atoms with Crippen LogP contribution >= 0.6 is 12.0 Å². The predicted molar refractivity (Wildman–Crippen MR) is 132 cm³/mol. The monoisotopic (exact) mass is 457 g/mol. The van der Waals surface area contributed by atoms with Crippen LogP contribution in [0.1, 0.15) is 98.7 Å². The molecule has 2 aromatic rings. The number of hydrogen-bond donors (Lipinski definition) is 1. The summed E-state index contributed by atoms with van der Waals surface area (Å²) in [5.74, 6) is -0.0233. The Kier molecular flexibility index (Phi) is 13.8. The third-order valence-corrected chi connectivity index (χ3v) is 6.03. The summed E-state index contributed by atoms with van der Waals surface area (Å²) in [7, 11) is 0. The molecule has 0 aliphatic rings. The molecule has 32 heavy (non-hydrogen) atoms. The van der Waals surface area contributed by atoms with E-state index in [0.717, 1.165) is 23.3 Å². The van der Waals surface area contributed by atoms with Gasteiger partial charge >= 0.3 is 5.97 Å². The Balaban J connectivity index is 1.64. The van der Waals surface area contributed by atoms with E-state index in [1.54, 1.807) is 24.3 Å². The van der Waals surface area contributed by atoms with Gasteiger partial charge in [0.25, 0.3) is 0 Å². The van der Waals surface area contributed by atoms with Crippen LogP contribution in [0.3, 0.4) is 0 Å². The van der Waals surface area contributed by atoms with Crippen LogP contribution in [-0.2, 0) is 9.22 Å². The van der Waals surface area contributed by atoms with Gasteiger partial charge in [-0.2, -0.15) is 4.33 Å². The zero-order chi connectivity index (χ0) is 22.9. The minimum atomic E-state index is -0.931. The maximum absolute atomic E-state index is 11.0. The van der Waals surface area contributed by atoms with Gasteiger partial charge in [0.1, 0.15) is 6.10 Å². The molecule has 0 aliphatic heterocycles. The summed E-state index contributed by atoms with van der Waals surface area (Å²) in [6, 6.07) is 16.6. The van der Waals surface area contributed by atoms with Crippen molar-refractivity contribution in [2.24, 2.45) is 0 Å². The molecule has 175 valence electrons. The van der Waals surface area contributed by atoms with Crippen molar-refractivity contribution in [2.45, 2.75) is 77.2 Å². The van der Waals surface area contributed by atoms with Crippen LogP contribution in [0.25, 0.3) is 0 Å². The van der Waals surface area contributed by atoms with Gasteiger partial charge in [0.2, 0.25) is 0 Å². The molecule has 0 fully saturated rings. The largest absolute Gasteiger partial charge is 0.478 e. The first kappa shape index (κ1) is 26.4. The number of hydrogen-bond acceptors (Lipinski definition) is 4. The summed E-state index contributed by atoms with van der Waals surface area (Å²) in [6.45, 7) is 2.26. The van der Waals surface area contributed by atoms with Crippen LogP contribution in [0, 0.1) is 6.42 Å². The number of unbranched alkanes of at least 4 members (excludes halogenated alkanes) is 9. The van der Waals surface area contributed by atoms with E-state index >= 15 is 0 Å². The lowest BCUT2D eigenvalue weighted by Gasteiger charge is -2.16. The summed E-state index contributed by atoms with van der Waals surface area (Å²) >= 11 is 1.35. The Morgan fingerprint density at radius 2 is 1.47 bits per heavy atom. The lowest BCUT2D eigenvalue weighted by atomic mass is 10.0. The maximum Gasteiger partial charge on any atom is 0.335 e. The third kappa shape index (κ3) is 11.2. The van der Waals surface area contributed by atoms with E-state index < -0.39 is 5.97 Å². The van der Waals surface area contributed by atoms with Crippen LogP contribution < -0.4 is 0 Å². The number of aromatic carboxylic acids is 1. The van der Waals surface area contributed by atoms with E-state index in [9.17, 15) is 4.79 Å². The first-order valence-corrected chi connectivity index (χ1v) is 12.8. The zero-order valence-electron chi connectivity index (χ0n) is 19.2. The van der Waals surface area contributed by atoms with Crippen molar-refractivity contribution in [3.63, 3.8) is 0 Å². The van der Waals surface area contributed by atoms with E-state index in [1.165, 1.54) is 69.8 Å². The molecule has 0 bridgehead atoms. The molecule has 5 heteroatoms. The summed E-state index contributed by atoms with van der Waals surface area (Å²) in [5, 5.41) is 9.06. The van der Waals surface area contributed by atoms with Gasteiger partial charge in [-0.3, -0.25) is 0 Å². The van der Waals surface area contributed by atoms with Crippen LogP contribution in [-0.4, -0.2) is 16.8 Å². The fourth-order valence-electron chi connectivity index (χ4n) is 3.49. The highest BCUT2D eigenvalue weighted by Gasteiger charge is 2.15. The maximum atomic E-state index is 11.0. The molecule has 2 aromatic carbocycles. The highest BCUT2D eigenvalue weighted by Crippen LogP contribution is 2.27. The second kappa shape index (κ2) is 16.8. The average molecular weight is 458 g/mol. The third-order valence-electron chi connectivity index (χ3n) is 5.40. The van der Waals surface area contributed by atoms with Gasteiger partial charge in [0.15, 0.2) is 0 Å². The highest BCUT2D eigenvalue weighted by molar-refractivity contribution is 7.94. The van der Waals surface area contributed by atoms with Crippen molar-refractivity contribution < 1.29 is 19.1 Å². The van der Waals surface area contributed by atoms with Crippen molar-refractivity contribution in [3.8, 4) is 0 Å². The molecular formula is C27H37O4S. The number of benzene rings is 2. The Bertz CT molecular complexity index is 733. The first-order valence-electron chi connectivity index (χ1n) is 11.9. The SMILES string of the molecule is CCCCCCCCCCCCSOOC([CH]c1ccc(C(=O)O)cc1)c1ccccc1. The number of carboxylic acids is 1. The predicted octanol–water partition coefficient (Wildman–Crippen LogP) is 8.20. The van der Waals surface area contributed by atoms with E-state index in [-0.39, 0.29) is 11.7 Å². The molecule has 0 aromatic heterocycles. The fraction of sp³-hybridized carbons (Fsp3) is 0.481. The van der Waals surface area contributed by atoms with Crippen LogP contribution in [0.5, 0.6) is 0 Å². The molecule has 1 atom stereocenters. The second-order valence-electron chi connectivity index (χ2n) is 8.09. The summed E-state index contributed by atoms with van der Waals surface area (Å²) in [6.07, 6.45) is 14.7. The van der Waals surface area contributed by atoms with Gasteiger partial charge in [-0.05, 0) is 29.7 Å². The number of rotatable bonds is 18. The van der Waals surface area contributed by atoms with Gasteiger partial charge < -0.3 is 5.11 Å². The fourth-order valence-corrected chi connectivity index (χ4v) is 4.02. The van der Waals surface area contributed by atoms with Gasteiger partial charge in [-0.1, -0.05) is 107 Å². The molecule has 1 N–H and O–H groups in total. The minimum absolute atomic E-state index is 0.266. The van der Waals surface area contributed by atoms with Crippen molar-refractivity contribution in [3.05, 3.63) is 77.7 Å². The van der Waals surface area contributed by atoms with Gasteiger partial charge in [0, 0.05) is 24.2 Å². The minimum Gasteiger partial charge on any atom is -0.478 e. The molecule has 1 radical (unpaired) electrons. The lowest BCUT2D eigenvalue weighted by molar-refractivity contribution is -0.223. The van der Waals surface area contributed by atoms with Crippen molar-refractivity contribution >= 4 is 18.0 Å². The van der Waals surface area contributed by atoms with E-state index in [1.807, 2.05) is 36.8 Å². The Morgan fingerprint density at radius 1 is 0.875 bits per heavy atom. The number of carbonyl (C=O) groups is 1. The quantitative estimate of drug-likeness (QED) is 0.106. The molecule has 0 amide bonds. The molecule has 0 saturated heterocycles. The first-order chi connectivity index (χ1) is 15.7. The molecule has 0 heterocycles. The van der Waals surface area contributed by atoms with Gasteiger partial charge in [-0.25, -0.2) is 9.68 Å². The van der Waals surface area contributed by atoms with Crippen molar-refractivity contribution in [2.75, 3.05) is 5.75 Å². The topological polar surface area (TPSA) is 55.8 Å².